The van der Waals surface area contributed by atoms with Gasteiger partial charge in [0.25, 0.3) is 0 Å². The van der Waals surface area contributed by atoms with Crippen LogP contribution in [0.2, 0.25) is 0 Å². The molecule has 0 saturated carbocycles. The van der Waals surface area contributed by atoms with E-state index in [1.165, 1.54) is 11.9 Å². The van der Waals surface area contributed by atoms with E-state index in [1.807, 2.05) is 54.6 Å². The molecule has 1 aromatic heterocycles. The normalized spacial score (nSPS) is 11.8. The third-order valence-corrected chi connectivity index (χ3v) is 4.50. The number of carbonyl (C=O) groups is 1. The zero-order chi connectivity index (χ0) is 18.5. The Labute approximate surface area is 159 Å². The highest BCUT2D eigenvalue weighted by Gasteiger charge is 2.23. The molecule has 26 heavy (non-hydrogen) atoms. The molecule has 0 saturated heterocycles. The Balaban J connectivity index is 1.88. The van der Waals surface area contributed by atoms with Crippen LogP contribution in [0.5, 0.6) is 0 Å². The third kappa shape index (κ3) is 4.05. The van der Waals surface area contributed by atoms with E-state index in [0.29, 0.717) is 17.9 Å². The fourth-order valence-electron chi connectivity index (χ4n) is 2.57. The molecule has 0 bridgehead atoms. The molecule has 0 spiro atoms. The van der Waals surface area contributed by atoms with Crippen molar-refractivity contribution in [1.82, 2.24) is 20.2 Å². The van der Waals surface area contributed by atoms with Gasteiger partial charge in [-0.05, 0) is 22.9 Å². The third-order valence-electron chi connectivity index (χ3n) is 3.97. The summed E-state index contributed by atoms with van der Waals surface area (Å²) < 4.78 is 5.79. The van der Waals surface area contributed by atoms with Crippen LogP contribution in [0.15, 0.2) is 71.2 Å². The van der Waals surface area contributed by atoms with E-state index in [0.717, 1.165) is 15.6 Å². The molecule has 0 aliphatic heterocycles. The summed E-state index contributed by atoms with van der Waals surface area (Å²) in [6.07, 6.45) is 0. The Morgan fingerprint density at radius 2 is 1.88 bits per heavy atom. The Hall–Kier alpha value is -2.80. The predicted molar refractivity (Wildman–Crippen MR) is 101 cm³/mol. The second-order valence-corrected chi connectivity index (χ2v) is 6.57. The van der Waals surface area contributed by atoms with E-state index < -0.39 is 5.97 Å². The molecule has 0 unspecified atom stereocenters. The van der Waals surface area contributed by atoms with Crippen LogP contribution in [0.3, 0.4) is 0 Å². The van der Waals surface area contributed by atoms with Crippen LogP contribution in [0.1, 0.15) is 11.5 Å². The van der Waals surface area contributed by atoms with Gasteiger partial charge in [-0.1, -0.05) is 65.0 Å². The summed E-state index contributed by atoms with van der Waals surface area (Å²) >= 11 is 3.42. The Morgan fingerprint density at radius 3 is 2.54 bits per heavy atom. The average Bonchev–Trinajstić information content (AvgIpc) is 3.15. The van der Waals surface area contributed by atoms with Crippen LogP contribution in [-0.4, -0.2) is 33.3 Å². The molecular formula is C19H17BrN4O2. The maximum absolute atomic E-state index is 12.0. The van der Waals surface area contributed by atoms with Crippen molar-refractivity contribution in [3.05, 3.63) is 76.8 Å². The van der Waals surface area contributed by atoms with Gasteiger partial charge in [-0.3, -0.25) is 0 Å². The van der Waals surface area contributed by atoms with Crippen LogP contribution in [0.4, 0.5) is 0 Å². The summed E-state index contributed by atoms with van der Waals surface area (Å²) in [7, 11) is 1.34. The topological polar surface area (TPSA) is 69.9 Å². The molecule has 0 fully saturated rings. The van der Waals surface area contributed by atoms with Gasteiger partial charge < -0.3 is 4.74 Å². The first-order valence-electron chi connectivity index (χ1n) is 7.94. The number of carbonyl (C=O) groups excluding carboxylic acids is 1. The fraction of sp³-hybridized carbons (Fsp3) is 0.158. The van der Waals surface area contributed by atoms with Gasteiger partial charge in [-0.2, -0.15) is 4.80 Å². The minimum atomic E-state index is -0.457. The summed E-state index contributed by atoms with van der Waals surface area (Å²) in [5, 5.41) is 12.6. The van der Waals surface area contributed by atoms with Crippen molar-refractivity contribution in [1.29, 1.82) is 0 Å². The molecule has 6 nitrogen and oxygen atoms in total. The van der Waals surface area contributed by atoms with Gasteiger partial charge in [-0.15, -0.1) is 10.2 Å². The predicted octanol–water partition coefficient (Wildman–Crippen LogP) is 3.62. The first kappa shape index (κ1) is 18.0. The molecule has 1 heterocycles. The lowest BCUT2D eigenvalue weighted by Gasteiger charge is -2.17. The van der Waals surface area contributed by atoms with Crippen molar-refractivity contribution in [2.24, 2.45) is 0 Å². The monoisotopic (exact) mass is 412 g/mol. The summed E-state index contributed by atoms with van der Waals surface area (Å²) in [5.41, 5.74) is 2.14. The van der Waals surface area contributed by atoms with E-state index in [9.17, 15) is 4.79 Å². The fourth-order valence-corrected chi connectivity index (χ4v) is 2.84. The minimum absolute atomic E-state index is 0.326. The van der Waals surface area contributed by atoms with E-state index in [-0.39, 0.29) is 5.92 Å². The molecule has 0 N–H and O–H groups in total. The summed E-state index contributed by atoms with van der Waals surface area (Å²) in [5.74, 6) is -0.251. The molecule has 0 amide bonds. The zero-order valence-corrected chi connectivity index (χ0v) is 15.8. The lowest BCUT2D eigenvalue weighted by atomic mass is 9.92. The van der Waals surface area contributed by atoms with Crippen molar-refractivity contribution >= 4 is 21.9 Å². The number of rotatable bonds is 6. The second-order valence-electron chi connectivity index (χ2n) is 5.65. The van der Waals surface area contributed by atoms with Crippen molar-refractivity contribution in [2.75, 3.05) is 7.11 Å². The highest BCUT2D eigenvalue weighted by atomic mass is 79.9. The number of benzene rings is 2. The summed E-state index contributed by atoms with van der Waals surface area (Å²) in [6, 6.07) is 17.3. The van der Waals surface area contributed by atoms with Gasteiger partial charge in [0.05, 0.1) is 13.7 Å². The lowest BCUT2D eigenvalue weighted by Crippen LogP contribution is -2.19. The van der Waals surface area contributed by atoms with Crippen LogP contribution in [0.25, 0.3) is 11.4 Å². The van der Waals surface area contributed by atoms with Gasteiger partial charge in [0.15, 0.2) is 0 Å². The van der Waals surface area contributed by atoms with Crippen molar-refractivity contribution < 1.29 is 9.53 Å². The van der Waals surface area contributed by atoms with Gasteiger partial charge in [0, 0.05) is 21.5 Å². The number of halogens is 1. The largest absolute Gasteiger partial charge is 0.466 e. The van der Waals surface area contributed by atoms with Gasteiger partial charge in [0.2, 0.25) is 5.82 Å². The summed E-state index contributed by atoms with van der Waals surface area (Å²) in [6.45, 7) is 4.24. The van der Waals surface area contributed by atoms with Crippen LogP contribution in [0, 0.1) is 0 Å². The quantitative estimate of drug-likeness (QED) is 0.456. The highest BCUT2D eigenvalue weighted by molar-refractivity contribution is 9.10. The van der Waals surface area contributed by atoms with Gasteiger partial charge >= 0.3 is 5.97 Å². The molecule has 0 aliphatic rings. The first-order valence-corrected chi connectivity index (χ1v) is 8.73. The Kier molecular flexibility index (Phi) is 5.58. The maximum atomic E-state index is 12.0. The number of hydrogen-bond acceptors (Lipinski definition) is 5. The smallest absolute Gasteiger partial charge is 0.333 e. The van der Waals surface area contributed by atoms with E-state index in [2.05, 4.69) is 37.9 Å². The molecule has 132 valence electrons. The molecule has 0 aliphatic carbocycles. The SMILES string of the molecule is C=C(C(=O)OC)[C@@H](Cn1nnc(-c2ccccc2)n1)c1ccc(Br)cc1. The molecule has 1 atom stereocenters. The second kappa shape index (κ2) is 8.05. The van der Waals surface area contributed by atoms with Gasteiger partial charge in [0.1, 0.15) is 0 Å². The number of tetrazole rings is 1. The van der Waals surface area contributed by atoms with Crippen molar-refractivity contribution in [3.8, 4) is 11.4 Å². The zero-order valence-electron chi connectivity index (χ0n) is 14.2. The first-order chi connectivity index (χ1) is 12.6. The maximum Gasteiger partial charge on any atom is 0.333 e. The van der Waals surface area contributed by atoms with E-state index in [4.69, 9.17) is 4.74 Å². The number of aromatic nitrogens is 4. The van der Waals surface area contributed by atoms with E-state index in [1.54, 1.807) is 0 Å². The number of hydrogen-bond donors (Lipinski definition) is 0. The minimum Gasteiger partial charge on any atom is -0.466 e. The van der Waals surface area contributed by atoms with Crippen LogP contribution >= 0.6 is 15.9 Å². The van der Waals surface area contributed by atoms with Crippen molar-refractivity contribution in [3.63, 3.8) is 0 Å². The molecular weight excluding hydrogens is 396 g/mol. The number of methoxy groups -OCH3 is 1. The van der Waals surface area contributed by atoms with Gasteiger partial charge in [-0.25, -0.2) is 4.79 Å². The van der Waals surface area contributed by atoms with Crippen LogP contribution < -0.4 is 0 Å². The van der Waals surface area contributed by atoms with E-state index >= 15 is 0 Å². The Bertz CT molecular complexity index is 907. The molecule has 2 aromatic carbocycles. The molecule has 0 radical (unpaired) electrons. The summed E-state index contributed by atoms with van der Waals surface area (Å²) in [4.78, 5) is 13.5. The number of esters is 1. The Morgan fingerprint density at radius 1 is 1.19 bits per heavy atom. The van der Waals surface area contributed by atoms with Crippen molar-refractivity contribution in [2.45, 2.75) is 12.5 Å². The van der Waals surface area contributed by atoms with Crippen LogP contribution in [-0.2, 0) is 16.1 Å². The average molecular weight is 413 g/mol. The number of nitrogens with zero attached hydrogens (tertiary/aromatic N) is 4. The molecule has 3 rings (SSSR count). The highest BCUT2D eigenvalue weighted by Crippen LogP contribution is 2.27. The molecule has 3 aromatic rings. The molecule has 7 heteroatoms. The lowest BCUT2D eigenvalue weighted by molar-refractivity contribution is -0.136. The number of ether oxygens (including phenoxy) is 1. The standard InChI is InChI=1S/C19H17BrN4O2/c1-13(19(25)26-2)17(14-8-10-16(20)11-9-14)12-24-22-18(21-23-24)15-6-4-3-5-7-15/h3-11,17H,1,12H2,2H3/t17-/m1/s1.